The van der Waals surface area contributed by atoms with E-state index in [0.717, 1.165) is 12.1 Å². The lowest BCUT2D eigenvalue weighted by Gasteiger charge is -2.08. The smallest absolute Gasteiger partial charge is 0.220 e. The largest absolute Gasteiger partial charge is 0.352 e. The third-order valence-electron chi connectivity index (χ3n) is 5.50. The van der Waals surface area contributed by atoms with Gasteiger partial charge in [-0.15, -0.1) is 0 Å². The highest BCUT2D eigenvalue weighted by atomic mass is 35.5. The van der Waals surface area contributed by atoms with Crippen LogP contribution in [0.15, 0.2) is 79.0 Å². The van der Waals surface area contributed by atoms with Gasteiger partial charge in [0.2, 0.25) is 5.91 Å². The standard InChI is InChI=1S/C26H25ClN2O/c1-19-6-2-3-7-21(19)17-29-18-22(24-8-4-5-9-25(24)29)12-15-26(30)28-16-20-10-13-23(27)14-11-20/h2-11,13-14,18H,12,15-17H2,1H3,(H,28,30). The fourth-order valence-corrected chi connectivity index (χ4v) is 3.89. The fourth-order valence-electron chi connectivity index (χ4n) is 3.76. The lowest BCUT2D eigenvalue weighted by Crippen LogP contribution is -2.22. The average Bonchev–Trinajstić information content (AvgIpc) is 3.11. The van der Waals surface area contributed by atoms with Crippen LogP contribution in [0.2, 0.25) is 5.02 Å². The summed E-state index contributed by atoms with van der Waals surface area (Å²) in [6, 6.07) is 24.4. The number of carbonyl (C=O) groups excluding carboxylic acids is 1. The van der Waals surface area contributed by atoms with Crippen LogP contribution in [0.4, 0.5) is 0 Å². The number of aryl methyl sites for hydroxylation is 2. The number of rotatable bonds is 7. The molecule has 1 aromatic heterocycles. The maximum Gasteiger partial charge on any atom is 0.220 e. The zero-order valence-corrected chi connectivity index (χ0v) is 17.8. The lowest BCUT2D eigenvalue weighted by atomic mass is 10.1. The Morgan fingerprint density at radius 1 is 0.933 bits per heavy atom. The summed E-state index contributed by atoms with van der Waals surface area (Å²) in [7, 11) is 0. The highest BCUT2D eigenvalue weighted by molar-refractivity contribution is 6.30. The maximum absolute atomic E-state index is 12.4. The number of aromatic nitrogens is 1. The van der Waals surface area contributed by atoms with E-state index in [1.54, 1.807) is 0 Å². The Morgan fingerprint density at radius 3 is 2.47 bits per heavy atom. The van der Waals surface area contributed by atoms with E-state index in [1.165, 1.54) is 27.6 Å². The van der Waals surface area contributed by atoms with Crippen LogP contribution in [0.1, 0.15) is 28.7 Å². The molecule has 0 unspecified atom stereocenters. The van der Waals surface area contributed by atoms with Gasteiger partial charge in [-0.3, -0.25) is 4.79 Å². The fraction of sp³-hybridized carbons (Fsp3) is 0.192. The van der Waals surface area contributed by atoms with Gasteiger partial charge in [-0.2, -0.15) is 0 Å². The summed E-state index contributed by atoms with van der Waals surface area (Å²) in [6.07, 6.45) is 3.38. The van der Waals surface area contributed by atoms with E-state index >= 15 is 0 Å². The van der Waals surface area contributed by atoms with Crippen LogP contribution in [0.5, 0.6) is 0 Å². The number of nitrogens with zero attached hydrogens (tertiary/aromatic N) is 1. The summed E-state index contributed by atoms with van der Waals surface area (Å²) >= 11 is 5.91. The van der Waals surface area contributed by atoms with Gasteiger partial charge in [-0.25, -0.2) is 0 Å². The van der Waals surface area contributed by atoms with Crippen molar-refractivity contribution in [3.8, 4) is 0 Å². The number of nitrogens with one attached hydrogen (secondary N) is 1. The Kier molecular flexibility index (Phi) is 6.20. The quantitative estimate of drug-likeness (QED) is 0.399. The maximum atomic E-state index is 12.4. The minimum Gasteiger partial charge on any atom is -0.352 e. The minimum atomic E-state index is 0.0562. The number of hydrogen-bond donors (Lipinski definition) is 1. The average molecular weight is 417 g/mol. The molecule has 0 saturated carbocycles. The molecule has 0 aliphatic heterocycles. The van der Waals surface area contributed by atoms with Gasteiger partial charge < -0.3 is 9.88 Å². The van der Waals surface area contributed by atoms with Crippen LogP contribution in [-0.4, -0.2) is 10.5 Å². The van der Waals surface area contributed by atoms with Crippen molar-refractivity contribution in [2.75, 3.05) is 0 Å². The predicted octanol–water partition coefficient (Wildman–Crippen LogP) is 5.90. The third kappa shape index (κ3) is 4.74. The summed E-state index contributed by atoms with van der Waals surface area (Å²) in [6.45, 7) is 3.49. The van der Waals surface area contributed by atoms with Gasteiger partial charge in [0.1, 0.15) is 0 Å². The zero-order valence-electron chi connectivity index (χ0n) is 17.1. The first-order valence-electron chi connectivity index (χ1n) is 10.2. The summed E-state index contributed by atoms with van der Waals surface area (Å²) in [5.41, 5.74) is 6.06. The van der Waals surface area contributed by atoms with Gasteiger partial charge >= 0.3 is 0 Å². The second-order valence-electron chi connectivity index (χ2n) is 7.63. The van der Waals surface area contributed by atoms with Crippen molar-refractivity contribution in [1.29, 1.82) is 0 Å². The Hall–Kier alpha value is -3.04. The molecule has 0 fully saturated rings. The Morgan fingerprint density at radius 2 is 1.67 bits per heavy atom. The molecule has 3 nitrogen and oxygen atoms in total. The second-order valence-corrected chi connectivity index (χ2v) is 8.07. The molecule has 4 heteroatoms. The van der Waals surface area contributed by atoms with Crippen molar-refractivity contribution in [3.05, 3.63) is 106 Å². The van der Waals surface area contributed by atoms with E-state index in [-0.39, 0.29) is 5.91 Å². The molecule has 1 amide bonds. The van der Waals surface area contributed by atoms with Crippen LogP contribution < -0.4 is 5.32 Å². The molecule has 3 aromatic carbocycles. The minimum absolute atomic E-state index is 0.0562. The van der Waals surface area contributed by atoms with E-state index in [0.29, 0.717) is 24.4 Å². The third-order valence-corrected chi connectivity index (χ3v) is 5.75. The van der Waals surface area contributed by atoms with Gasteiger partial charge in [0.05, 0.1) is 0 Å². The number of halogens is 1. The molecule has 0 atom stereocenters. The Bertz CT molecular complexity index is 1160. The molecular weight excluding hydrogens is 392 g/mol. The molecule has 4 rings (SSSR count). The Labute approximate surface area is 182 Å². The molecule has 0 saturated heterocycles. The van der Waals surface area contributed by atoms with E-state index in [1.807, 2.05) is 24.3 Å². The van der Waals surface area contributed by atoms with Crippen molar-refractivity contribution in [2.45, 2.75) is 32.9 Å². The molecule has 0 aliphatic rings. The molecule has 1 N–H and O–H groups in total. The molecule has 152 valence electrons. The van der Waals surface area contributed by atoms with Crippen molar-refractivity contribution in [2.24, 2.45) is 0 Å². The molecule has 0 radical (unpaired) electrons. The van der Waals surface area contributed by atoms with Crippen molar-refractivity contribution in [3.63, 3.8) is 0 Å². The van der Waals surface area contributed by atoms with Crippen molar-refractivity contribution in [1.82, 2.24) is 9.88 Å². The monoisotopic (exact) mass is 416 g/mol. The summed E-state index contributed by atoms with van der Waals surface area (Å²) in [4.78, 5) is 12.4. The highest BCUT2D eigenvalue weighted by Crippen LogP contribution is 2.24. The first-order chi connectivity index (χ1) is 14.6. The first kappa shape index (κ1) is 20.2. The molecular formula is C26H25ClN2O. The second kappa shape index (κ2) is 9.19. The van der Waals surface area contributed by atoms with Gasteiger partial charge in [0, 0.05) is 41.6 Å². The van der Waals surface area contributed by atoms with Crippen molar-refractivity contribution < 1.29 is 4.79 Å². The highest BCUT2D eigenvalue weighted by Gasteiger charge is 2.11. The lowest BCUT2D eigenvalue weighted by molar-refractivity contribution is -0.121. The van der Waals surface area contributed by atoms with E-state index in [2.05, 4.69) is 71.5 Å². The molecule has 0 bridgehead atoms. The summed E-state index contributed by atoms with van der Waals surface area (Å²) in [5, 5.41) is 4.92. The first-order valence-corrected chi connectivity index (χ1v) is 10.6. The molecule has 0 spiro atoms. The molecule has 4 aromatic rings. The summed E-state index contributed by atoms with van der Waals surface area (Å²) < 4.78 is 2.29. The predicted molar refractivity (Wildman–Crippen MR) is 124 cm³/mol. The molecule has 0 aliphatic carbocycles. The number of carbonyl (C=O) groups is 1. The summed E-state index contributed by atoms with van der Waals surface area (Å²) in [5.74, 6) is 0.0562. The number of fused-ring (bicyclic) bond motifs is 1. The van der Waals surface area contributed by atoms with Gasteiger partial charge in [-0.1, -0.05) is 66.2 Å². The number of benzene rings is 3. The Balaban J connectivity index is 1.44. The van der Waals surface area contributed by atoms with E-state index in [4.69, 9.17) is 11.6 Å². The van der Waals surface area contributed by atoms with Gasteiger partial charge in [0.15, 0.2) is 0 Å². The van der Waals surface area contributed by atoms with E-state index < -0.39 is 0 Å². The zero-order chi connectivity index (χ0) is 20.9. The number of amides is 1. The molecule has 30 heavy (non-hydrogen) atoms. The van der Waals surface area contributed by atoms with Crippen molar-refractivity contribution >= 4 is 28.4 Å². The van der Waals surface area contributed by atoms with Gasteiger partial charge in [-0.05, 0) is 53.8 Å². The van der Waals surface area contributed by atoms with Crippen LogP contribution in [0, 0.1) is 6.92 Å². The van der Waals surface area contributed by atoms with Crippen LogP contribution in [0.25, 0.3) is 10.9 Å². The SMILES string of the molecule is Cc1ccccc1Cn1cc(CCC(=O)NCc2ccc(Cl)cc2)c2ccccc21. The topological polar surface area (TPSA) is 34.0 Å². The normalized spacial score (nSPS) is 11.0. The number of hydrogen-bond acceptors (Lipinski definition) is 1. The number of para-hydroxylation sites is 1. The molecule has 1 heterocycles. The van der Waals surface area contributed by atoms with Gasteiger partial charge in [0.25, 0.3) is 0 Å². The van der Waals surface area contributed by atoms with Crippen LogP contribution in [0.3, 0.4) is 0 Å². The van der Waals surface area contributed by atoms with E-state index in [9.17, 15) is 4.79 Å². The van der Waals surface area contributed by atoms with Crippen LogP contribution in [-0.2, 0) is 24.3 Å². The van der Waals surface area contributed by atoms with Crippen LogP contribution >= 0.6 is 11.6 Å².